The predicted molar refractivity (Wildman–Crippen MR) is 62.0 cm³/mol. The Balaban J connectivity index is 2.64. The van der Waals surface area contributed by atoms with Gasteiger partial charge in [0.1, 0.15) is 0 Å². The molecule has 1 heterocycles. The van der Waals surface area contributed by atoms with Crippen molar-refractivity contribution >= 4 is 11.8 Å². The maximum Gasteiger partial charge on any atom is 0.0363 e. The summed E-state index contributed by atoms with van der Waals surface area (Å²) in [6, 6.07) is 0. The van der Waals surface area contributed by atoms with Crippen LogP contribution in [0.5, 0.6) is 0 Å². The van der Waals surface area contributed by atoms with Crippen molar-refractivity contribution in [3.05, 3.63) is 36.6 Å². The molecule has 0 amide bonds. The highest BCUT2D eigenvalue weighted by atomic mass is 32.2. The second-order valence-electron chi connectivity index (χ2n) is 3.22. The lowest BCUT2D eigenvalue weighted by molar-refractivity contribution is 0.392. The van der Waals surface area contributed by atoms with Crippen molar-refractivity contribution in [3.8, 4) is 0 Å². The molecule has 0 unspecified atom stereocenters. The molecule has 0 radical (unpaired) electrons. The van der Waals surface area contributed by atoms with E-state index in [4.69, 9.17) is 0 Å². The molecule has 2 heteroatoms. The molecule has 0 aromatic carbocycles. The van der Waals surface area contributed by atoms with Crippen molar-refractivity contribution in [2.75, 3.05) is 24.6 Å². The quantitative estimate of drug-likeness (QED) is 0.637. The lowest BCUT2D eigenvalue weighted by Crippen LogP contribution is -2.31. The molecule has 1 saturated heterocycles. The summed E-state index contributed by atoms with van der Waals surface area (Å²) >= 11 is 2.02. The van der Waals surface area contributed by atoms with Crippen molar-refractivity contribution in [1.29, 1.82) is 0 Å². The van der Waals surface area contributed by atoms with Crippen LogP contribution in [0.4, 0.5) is 0 Å². The number of thioether (sulfide) groups is 1. The van der Waals surface area contributed by atoms with Crippen LogP contribution >= 0.6 is 11.8 Å². The number of nitrogens with zero attached hydrogens (tertiary/aromatic N) is 1. The Kier molecular flexibility index (Phi) is 4.16. The zero-order valence-corrected chi connectivity index (χ0v) is 9.07. The van der Waals surface area contributed by atoms with E-state index in [0.717, 1.165) is 18.7 Å². The molecular weight excluding hydrogens is 178 g/mol. The van der Waals surface area contributed by atoms with Gasteiger partial charge >= 0.3 is 0 Å². The molecule has 72 valence electrons. The smallest absolute Gasteiger partial charge is 0.0363 e. The molecule has 1 fully saturated rings. The van der Waals surface area contributed by atoms with Crippen molar-refractivity contribution in [2.45, 2.75) is 6.92 Å². The summed E-state index contributed by atoms with van der Waals surface area (Å²) in [6.45, 7) is 12.0. The average Bonchev–Trinajstić information content (AvgIpc) is 2.15. The summed E-state index contributed by atoms with van der Waals surface area (Å²) in [4.78, 5) is 2.37. The zero-order valence-electron chi connectivity index (χ0n) is 8.25. The monoisotopic (exact) mass is 195 g/mol. The first-order valence-corrected chi connectivity index (χ1v) is 5.72. The Morgan fingerprint density at radius 3 is 2.46 bits per heavy atom. The normalized spacial score (nSPS) is 18.5. The van der Waals surface area contributed by atoms with Crippen LogP contribution in [0, 0.1) is 0 Å². The Morgan fingerprint density at radius 1 is 1.38 bits per heavy atom. The van der Waals surface area contributed by atoms with Crippen LogP contribution in [0.1, 0.15) is 6.92 Å². The van der Waals surface area contributed by atoms with Crippen molar-refractivity contribution < 1.29 is 0 Å². The largest absolute Gasteiger partial charge is 0.370 e. The molecule has 1 aliphatic rings. The first kappa shape index (κ1) is 10.5. The first-order valence-electron chi connectivity index (χ1n) is 4.56. The highest BCUT2D eigenvalue weighted by molar-refractivity contribution is 7.99. The molecule has 0 aromatic rings. The van der Waals surface area contributed by atoms with Crippen molar-refractivity contribution in [1.82, 2.24) is 4.90 Å². The summed E-state index contributed by atoms with van der Waals surface area (Å²) in [6.07, 6.45) is 4.02. The van der Waals surface area contributed by atoms with E-state index in [0.29, 0.717) is 0 Å². The van der Waals surface area contributed by atoms with Gasteiger partial charge in [0.15, 0.2) is 0 Å². The van der Waals surface area contributed by atoms with E-state index in [9.17, 15) is 0 Å². The van der Waals surface area contributed by atoms with Gasteiger partial charge < -0.3 is 4.90 Å². The second-order valence-corrected chi connectivity index (χ2v) is 4.44. The topological polar surface area (TPSA) is 3.24 Å². The van der Waals surface area contributed by atoms with Crippen molar-refractivity contribution in [3.63, 3.8) is 0 Å². The van der Waals surface area contributed by atoms with Gasteiger partial charge in [-0.25, -0.2) is 0 Å². The summed E-state index contributed by atoms with van der Waals surface area (Å²) in [5.41, 5.74) is 2.31. The molecule has 0 atom stereocenters. The lowest BCUT2D eigenvalue weighted by atomic mass is 10.2. The van der Waals surface area contributed by atoms with Crippen LogP contribution in [-0.4, -0.2) is 29.5 Å². The van der Waals surface area contributed by atoms with Gasteiger partial charge in [0.2, 0.25) is 0 Å². The van der Waals surface area contributed by atoms with Gasteiger partial charge in [-0.1, -0.05) is 18.7 Å². The Morgan fingerprint density at radius 2 is 2.00 bits per heavy atom. The van der Waals surface area contributed by atoms with Gasteiger partial charge in [0.05, 0.1) is 0 Å². The van der Waals surface area contributed by atoms with Gasteiger partial charge in [-0.05, 0) is 19.1 Å². The van der Waals surface area contributed by atoms with Crippen LogP contribution in [0.2, 0.25) is 0 Å². The molecule has 0 saturated carbocycles. The Bertz CT molecular complexity index is 224. The van der Waals surface area contributed by atoms with Crippen LogP contribution in [0.25, 0.3) is 0 Å². The van der Waals surface area contributed by atoms with E-state index in [-0.39, 0.29) is 0 Å². The number of hydrogen-bond acceptors (Lipinski definition) is 2. The number of hydrogen-bond donors (Lipinski definition) is 0. The fourth-order valence-electron chi connectivity index (χ4n) is 1.35. The molecule has 1 rings (SSSR count). The van der Waals surface area contributed by atoms with E-state index in [2.05, 4.69) is 24.1 Å². The van der Waals surface area contributed by atoms with Gasteiger partial charge in [-0.2, -0.15) is 11.8 Å². The van der Waals surface area contributed by atoms with Crippen LogP contribution in [-0.2, 0) is 0 Å². The molecule has 0 bridgehead atoms. The fourth-order valence-corrected chi connectivity index (χ4v) is 2.26. The molecule has 0 N–H and O–H groups in total. The summed E-state index contributed by atoms with van der Waals surface area (Å²) in [7, 11) is 0. The third kappa shape index (κ3) is 3.31. The summed E-state index contributed by atoms with van der Waals surface area (Å²) in [5, 5.41) is 0. The zero-order chi connectivity index (χ0) is 9.68. The summed E-state index contributed by atoms with van der Waals surface area (Å²) in [5.74, 6) is 2.45. The molecule has 0 aromatic heterocycles. The van der Waals surface area contributed by atoms with E-state index in [1.54, 1.807) is 0 Å². The third-order valence-electron chi connectivity index (χ3n) is 1.98. The van der Waals surface area contributed by atoms with Gasteiger partial charge in [-0.3, -0.25) is 0 Å². The van der Waals surface area contributed by atoms with Gasteiger partial charge in [0.25, 0.3) is 0 Å². The maximum atomic E-state index is 3.88. The number of allylic oxidation sites excluding steroid dienone is 3. The van der Waals surface area contributed by atoms with Crippen molar-refractivity contribution in [2.24, 2.45) is 0 Å². The highest BCUT2D eigenvalue weighted by Crippen LogP contribution is 2.16. The molecule has 13 heavy (non-hydrogen) atoms. The van der Waals surface area contributed by atoms with Gasteiger partial charge in [0, 0.05) is 30.3 Å². The van der Waals surface area contributed by atoms with E-state index < -0.39 is 0 Å². The SMILES string of the molecule is C=C/C(=C\C(=C)C)N1CCSCC1. The minimum Gasteiger partial charge on any atom is -0.370 e. The van der Waals surface area contributed by atoms with E-state index >= 15 is 0 Å². The van der Waals surface area contributed by atoms with Gasteiger partial charge in [-0.15, -0.1) is 0 Å². The molecule has 0 aliphatic carbocycles. The fraction of sp³-hybridized carbons (Fsp3) is 0.455. The van der Waals surface area contributed by atoms with E-state index in [1.165, 1.54) is 17.2 Å². The molecular formula is C11H17NS. The average molecular weight is 195 g/mol. The Hall–Kier alpha value is -0.630. The summed E-state index contributed by atoms with van der Waals surface area (Å²) < 4.78 is 0. The third-order valence-corrected chi connectivity index (χ3v) is 2.92. The van der Waals surface area contributed by atoms with Crippen LogP contribution < -0.4 is 0 Å². The van der Waals surface area contributed by atoms with Crippen LogP contribution in [0.15, 0.2) is 36.6 Å². The molecule has 1 aliphatic heterocycles. The lowest BCUT2D eigenvalue weighted by Gasteiger charge is -2.29. The maximum absolute atomic E-state index is 3.88. The second kappa shape index (κ2) is 5.18. The standard InChI is InChI=1S/C11H17NS/c1-4-11(9-10(2)3)12-5-7-13-8-6-12/h4,9H,1-2,5-8H2,3H3/b11-9+. The molecule has 1 nitrogen and oxygen atoms in total. The minimum absolute atomic E-state index is 1.09. The van der Waals surface area contributed by atoms with E-state index in [1.807, 2.05) is 24.8 Å². The minimum atomic E-state index is 1.09. The molecule has 0 spiro atoms. The highest BCUT2D eigenvalue weighted by Gasteiger charge is 2.10. The first-order chi connectivity index (χ1) is 6.24. The predicted octanol–water partition coefficient (Wildman–Crippen LogP) is 2.68. The van der Waals surface area contributed by atoms with Crippen LogP contribution in [0.3, 0.4) is 0 Å². The number of rotatable bonds is 3. The Labute approximate surface area is 85.2 Å².